The number of carbonyl (C=O) groups excluding carboxylic acids is 2. The van der Waals surface area contributed by atoms with Crippen molar-refractivity contribution in [1.82, 2.24) is 10.9 Å². The van der Waals surface area contributed by atoms with Crippen molar-refractivity contribution in [3.8, 4) is 0 Å². The molecule has 0 heterocycles. The SMILES string of the molecule is CCCCC(CC)CNNC(=O)C(=O)[O-].CCCC[P+](C)(CCCC)CCCC. The van der Waals surface area contributed by atoms with Gasteiger partial charge in [0.15, 0.2) is 0 Å². The molecule has 0 aliphatic rings. The lowest BCUT2D eigenvalue weighted by Gasteiger charge is -2.22. The fourth-order valence-electron chi connectivity index (χ4n) is 3.22. The van der Waals surface area contributed by atoms with E-state index in [-0.39, 0.29) is 0 Å². The first-order valence-electron chi connectivity index (χ1n) is 11.9. The standard InChI is InChI=1S/C13H30P.C10H20N2O3/c1-5-8-11-14(4,12-9-6-2)13-10-7-3;1-3-5-6-8(4-2)7-11-12-9(13)10(14)15/h5-13H2,1-4H3;8,11H,3-7H2,1-2H3,(H,12,13)(H,14,15)/q+1;/p-1. The molecule has 0 saturated heterocycles. The molecule has 0 bridgehead atoms. The number of carboxylic acid groups (broad SMARTS) is 1. The van der Waals surface area contributed by atoms with Crippen LogP contribution >= 0.6 is 7.26 Å². The Morgan fingerprint density at radius 3 is 1.62 bits per heavy atom. The van der Waals surface area contributed by atoms with Crippen molar-refractivity contribution in [3.63, 3.8) is 0 Å². The van der Waals surface area contributed by atoms with Crippen LogP contribution in [-0.4, -0.2) is 43.6 Å². The molecule has 0 aliphatic heterocycles. The van der Waals surface area contributed by atoms with Gasteiger partial charge in [-0.15, -0.1) is 0 Å². The molecule has 1 atom stereocenters. The maximum absolute atomic E-state index is 10.6. The molecule has 0 aromatic heterocycles. The number of hydrogen-bond acceptors (Lipinski definition) is 4. The van der Waals surface area contributed by atoms with E-state index in [1.807, 2.05) is 0 Å². The molecule has 1 unspecified atom stereocenters. The molecular formula is C23H49N2O3P. The first kappa shape index (κ1) is 30.5. The fraction of sp³-hybridized carbons (Fsp3) is 0.913. The van der Waals surface area contributed by atoms with Crippen molar-refractivity contribution in [1.29, 1.82) is 0 Å². The van der Waals surface area contributed by atoms with E-state index in [4.69, 9.17) is 0 Å². The van der Waals surface area contributed by atoms with Crippen molar-refractivity contribution in [3.05, 3.63) is 0 Å². The summed E-state index contributed by atoms with van der Waals surface area (Å²) in [7, 11) is -0.519. The number of nitrogens with one attached hydrogen (secondary N) is 2. The van der Waals surface area contributed by atoms with Gasteiger partial charge in [-0.05, 0) is 31.6 Å². The number of carbonyl (C=O) groups is 2. The highest BCUT2D eigenvalue weighted by molar-refractivity contribution is 7.75. The minimum absolute atomic E-state index is 0.465. The number of hydrazine groups is 1. The maximum atomic E-state index is 10.6. The summed E-state index contributed by atoms with van der Waals surface area (Å²) in [6.45, 7) is 14.4. The van der Waals surface area contributed by atoms with Gasteiger partial charge in [-0.1, -0.05) is 73.1 Å². The Balaban J connectivity index is 0. The lowest BCUT2D eigenvalue weighted by atomic mass is 10.00. The summed E-state index contributed by atoms with van der Waals surface area (Å²) in [5.41, 5.74) is 4.68. The summed E-state index contributed by atoms with van der Waals surface area (Å²) in [6.07, 6.45) is 17.6. The summed E-state index contributed by atoms with van der Waals surface area (Å²) in [5, 5.41) is 10.1. The molecule has 1 amide bonds. The van der Waals surface area contributed by atoms with Crippen LogP contribution in [0, 0.1) is 5.92 Å². The van der Waals surface area contributed by atoms with Crippen molar-refractivity contribution in [2.24, 2.45) is 5.92 Å². The maximum Gasteiger partial charge on any atom is 0.281 e. The van der Waals surface area contributed by atoms with Gasteiger partial charge in [0, 0.05) is 20.5 Å². The predicted octanol–water partition coefficient (Wildman–Crippen LogP) is 4.61. The van der Waals surface area contributed by atoms with Crippen molar-refractivity contribution in [2.45, 2.75) is 98.8 Å². The second kappa shape index (κ2) is 20.6. The lowest BCUT2D eigenvalue weighted by molar-refractivity contribution is -0.300. The third kappa shape index (κ3) is 19.1. The molecule has 0 saturated carbocycles. The number of aliphatic carboxylic acids is 1. The molecule has 0 radical (unpaired) electrons. The smallest absolute Gasteiger partial charge is 0.281 e. The number of amides is 1. The minimum Gasteiger partial charge on any atom is -0.540 e. The Kier molecular flexibility index (Phi) is 21.7. The van der Waals surface area contributed by atoms with Crippen LogP contribution in [0.15, 0.2) is 0 Å². The van der Waals surface area contributed by atoms with E-state index in [0.717, 1.165) is 25.7 Å². The first-order valence-corrected chi connectivity index (χ1v) is 14.7. The van der Waals surface area contributed by atoms with E-state index in [0.29, 0.717) is 12.5 Å². The van der Waals surface area contributed by atoms with E-state index >= 15 is 0 Å². The quantitative estimate of drug-likeness (QED) is 0.212. The second-order valence-electron chi connectivity index (χ2n) is 8.39. The molecule has 29 heavy (non-hydrogen) atoms. The summed E-state index contributed by atoms with van der Waals surface area (Å²) in [4.78, 5) is 20.6. The van der Waals surface area contributed by atoms with E-state index in [1.165, 1.54) is 38.5 Å². The average molecular weight is 433 g/mol. The zero-order chi connectivity index (χ0) is 22.5. The molecule has 0 rings (SSSR count). The monoisotopic (exact) mass is 432 g/mol. The van der Waals surface area contributed by atoms with Gasteiger partial charge in [0.2, 0.25) is 0 Å². The summed E-state index contributed by atoms with van der Waals surface area (Å²) < 4.78 is 0. The number of rotatable bonds is 16. The van der Waals surface area contributed by atoms with Crippen molar-refractivity contribution >= 4 is 19.1 Å². The number of unbranched alkanes of at least 4 members (excludes halogenated alkanes) is 4. The Morgan fingerprint density at radius 1 is 0.828 bits per heavy atom. The Morgan fingerprint density at radius 2 is 1.28 bits per heavy atom. The van der Waals surface area contributed by atoms with Gasteiger partial charge in [-0.25, -0.2) is 5.43 Å². The zero-order valence-corrected chi connectivity index (χ0v) is 21.0. The van der Waals surface area contributed by atoms with Crippen LogP contribution in [0.3, 0.4) is 0 Å². The van der Waals surface area contributed by atoms with Crippen LogP contribution < -0.4 is 16.0 Å². The Labute approximate surface area is 181 Å². The van der Waals surface area contributed by atoms with E-state index in [2.05, 4.69) is 52.1 Å². The van der Waals surface area contributed by atoms with Gasteiger partial charge in [-0.3, -0.25) is 10.2 Å². The molecule has 6 heteroatoms. The van der Waals surface area contributed by atoms with Gasteiger partial charge in [0.25, 0.3) is 5.91 Å². The highest BCUT2D eigenvalue weighted by Gasteiger charge is 2.28. The first-order chi connectivity index (χ1) is 13.8. The third-order valence-corrected chi connectivity index (χ3v) is 9.66. The van der Waals surface area contributed by atoms with Crippen LogP contribution in [0.5, 0.6) is 0 Å². The van der Waals surface area contributed by atoms with Crippen LogP contribution in [0.1, 0.15) is 98.8 Å². The van der Waals surface area contributed by atoms with Gasteiger partial charge in [0.1, 0.15) is 5.97 Å². The van der Waals surface area contributed by atoms with Crippen molar-refractivity contribution in [2.75, 3.05) is 31.7 Å². The molecule has 0 fully saturated rings. The molecule has 0 aromatic rings. The van der Waals surface area contributed by atoms with Gasteiger partial charge < -0.3 is 9.90 Å². The zero-order valence-electron chi connectivity index (χ0n) is 20.1. The van der Waals surface area contributed by atoms with Crippen LogP contribution in [0.4, 0.5) is 0 Å². The molecular weight excluding hydrogens is 383 g/mol. The molecule has 0 aromatic carbocycles. The molecule has 174 valence electrons. The normalized spacial score (nSPS) is 12.1. The third-order valence-electron chi connectivity index (χ3n) is 5.48. The second-order valence-corrected chi connectivity index (χ2v) is 13.0. The lowest BCUT2D eigenvalue weighted by Crippen LogP contribution is -2.48. The van der Waals surface area contributed by atoms with Gasteiger partial charge >= 0.3 is 0 Å². The molecule has 0 spiro atoms. The fourth-order valence-corrected chi connectivity index (χ4v) is 7.13. The van der Waals surface area contributed by atoms with Crippen LogP contribution in [0.25, 0.3) is 0 Å². The number of carboxylic acids is 1. The molecule has 0 aliphatic carbocycles. The molecule has 2 N–H and O–H groups in total. The van der Waals surface area contributed by atoms with Crippen molar-refractivity contribution < 1.29 is 14.7 Å². The highest BCUT2D eigenvalue weighted by Crippen LogP contribution is 2.57. The van der Waals surface area contributed by atoms with E-state index in [9.17, 15) is 14.7 Å². The van der Waals surface area contributed by atoms with Crippen LogP contribution in [-0.2, 0) is 9.59 Å². The molecule has 5 nitrogen and oxygen atoms in total. The minimum atomic E-state index is -1.72. The Bertz CT molecular complexity index is 384. The van der Waals surface area contributed by atoms with Crippen LogP contribution in [0.2, 0.25) is 0 Å². The summed E-state index contributed by atoms with van der Waals surface area (Å²) in [6, 6.07) is 0. The predicted molar refractivity (Wildman–Crippen MR) is 127 cm³/mol. The highest BCUT2D eigenvalue weighted by atomic mass is 31.2. The summed E-state index contributed by atoms with van der Waals surface area (Å²) in [5.74, 6) is -2.38. The van der Waals surface area contributed by atoms with E-state index < -0.39 is 19.1 Å². The average Bonchev–Trinajstić information content (AvgIpc) is 2.72. The van der Waals surface area contributed by atoms with Gasteiger partial charge in [0.05, 0.1) is 18.5 Å². The number of hydrogen-bond donors (Lipinski definition) is 2. The summed E-state index contributed by atoms with van der Waals surface area (Å²) >= 11 is 0. The Hall–Kier alpha value is -0.670. The topological polar surface area (TPSA) is 81.3 Å². The largest absolute Gasteiger partial charge is 0.540 e. The van der Waals surface area contributed by atoms with Gasteiger partial charge in [-0.2, -0.15) is 0 Å². The van der Waals surface area contributed by atoms with E-state index in [1.54, 1.807) is 18.5 Å².